The molecule has 1 aromatic rings. The highest BCUT2D eigenvalue weighted by Gasteiger charge is 2.25. The van der Waals surface area contributed by atoms with Crippen LogP contribution in [0.25, 0.3) is 0 Å². The lowest BCUT2D eigenvalue weighted by Gasteiger charge is -2.29. The minimum absolute atomic E-state index is 0.116. The van der Waals surface area contributed by atoms with Gasteiger partial charge in [0.15, 0.2) is 0 Å². The zero-order valence-corrected chi connectivity index (χ0v) is 13.1. The van der Waals surface area contributed by atoms with E-state index >= 15 is 0 Å². The summed E-state index contributed by atoms with van der Waals surface area (Å²) < 4.78 is 0. The van der Waals surface area contributed by atoms with Crippen LogP contribution in [0.15, 0.2) is 17.5 Å². The van der Waals surface area contributed by atoms with Crippen LogP contribution in [0, 0.1) is 0 Å². The van der Waals surface area contributed by atoms with E-state index in [-0.39, 0.29) is 30.8 Å². The number of aliphatic carboxylic acids is 1. The third kappa shape index (κ3) is 5.18. The second kappa shape index (κ2) is 7.78. The molecule has 7 heteroatoms. The van der Waals surface area contributed by atoms with Crippen LogP contribution in [0.3, 0.4) is 0 Å². The Balaban J connectivity index is 2.65. The summed E-state index contributed by atoms with van der Waals surface area (Å²) in [7, 11) is 0. The van der Waals surface area contributed by atoms with Gasteiger partial charge in [0, 0.05) is 12.6 Å². The fourth-order valence-corrected chi connectivity index (χ4v) is 2.45. The summed E-state index contributed by atoms with van der Waals surface area (Å²) in [5, 5.41) is 13.2. The van der Waals surface area contributed by atoms with Gasteiger partial charge in [-0.1, -0.05) is 6.07 Å². The molecule has 0 saturated heterocycles. The summed E-state index contributed by atoms with van der Waals surface area (Å²) in [6.45, 7) is 5.36. The van der Waals surface area contributed by atoms with E-state index < -0.39 is 12.0 Å². The molecule has 0 spiro atoms. The van der Waals surface area contributed by atoms with E-state index in [1.165, 1.54) is 16.2 Å². The Kier molecular flexibility index (Phi) is 6.36. The molecule has 0 aliphatic rings. The molecule has 1 aromatic heterocycles. The molecule has 1 rings (SSSR count). The quantitative estimate of drug-likeness (QED) is 0.800. The number of carbonyl (C=O) groups excluding carboxylic acids is 2. The van der Waals surface area contributed by atoms with Crippen molar-refractivity contribution in [3.05, 3.63) is 22.4 Å². The number of amides is 2. The molecule has 1 unspecified atom stereocenters. The Morgan fingerprint density at radius 2 is 2.00 bits per heavy atom. The van der Waals surface area contributed by atoms with Crippen LogP contribution in [-0.2, 0) is 9.59 Å². The zero-order chi connectivity index (χ0) is 16.0. The minimum Gasteiger partial charge on any atom is -0.481 e. The molecule has 116 valence electrons. The Morgan fingerprint density at radius 1 is 1.33 bits per heavy atom. The summed E-state index contributed by atoms with van der Waals surface area (Å²) in [5.74, 6) is -1.53. The lowest BCUT2D eigenvalue weighted by atomic mass is 10.2. The zero-order valence-electron chi connectivity index (χ0n) is 12.3. The van der Waals surface area contributed by atoms with Crippen molar-refractivity contribution >= 4 is 29.1 Å². The molecule has 6 nitrogen and oxygen atoms in total. The number of hydrogen-bond acceptors (Lipinski definition) is 4. The van der Waals surface area contributed by atoms with E-state index in [1.54, 1.807) is 24.4 Å². The summed E-state index contributed by atoms with van der Waals surface area (Å²) >= 11 is 1.30. The van der Waals surface area contributed by atoms with Crippen LogP contribution in [0.1, 0.15) is 36.9 Å². The first-order chi connectivity index (χ1) is 9.82. The average molecular weight is 312 g/mol. The number of nitrogens with zero attached hydrogens (tertiary/aromatic N) is 1. The van der Waals surface area contributed by atoms with Crippen molar-refractivity contribution in [2.24, 2.45) is 0 Å². The monoisotopic (exact) mass is 312 g/mol. The lowest BCUT2D eigenvalue weighted by Crippen LogP contribution is -2.49. The van der Waals surface area contributed by atoms with Crippen molar-refractivity contribution in [3.8, 4) is 0 Å². The first-order valence-corrected chi connectivity index (χ1v) is 7.57. The fourth-order valence-electron chi connectivity index (χ4n) is 1.82. The molecule has 1 heterocycles. The number of thiophene rings is 1. The molecule has 1 atom stereocenters. The van der Waals surface area contributed by atoms with Crippen LogP contribution in [0.2, 0.25) is 0 Å². The SMILES string of the molecule is CC(NC(=O)c1cccs1)C(=O)N(CCC(=O)O)C(C)C. The molecular formula is C14H20N2O4S. The highest BCUT2D eigenvalue weighted by atomic mass is 32.1. The van der Waals surface area contributed by atoms with Gasteiger partial charge < -0.3 is 15.3 Å². The third-order valence-corrected chi connectivity index (χ3v) is 3.80. The third-order valence-electron chi connectivity index (χ3n) is 2.94. The number of rotatable bonds is 7. The number of carboxylic acids is 1. The van der Waals surface area contributed by atoms with Crippen molar-refractivity contribution in [2.45, 2.75) is 39.3 Å². The molecule has 2 N–H and O–H groups in total. The minimum atomic E-state index is -0.955. The van der Waals surface area contributed by atoms with Crippen LogP contribution < -0.4 is 5.32 Å². The predicted octanol–water partition coefficient (Wildman–Crippen LogP) is 1.58. The molecule has 2 amide bonds. The maximum atomic E-state index is 12.3. The Labute approximate surface area is 127 Å². The number of nitrogens with one attached hydrogen (secondary N) is 1. The number of carboxylic acid groups (broad SMARTS) is 1. The molecule has 0 aromatic carbocycles. The molecule has 0 bridgehead atoms. The summed E-state index contributed by atoms with van der Waals surface area (Å²) in [6, 6.07) is 2.62. The lowest BCUT2D eigenvalue weighted by molar-refractivity contribution is -0.139. The van der Waals surface area contributed by atoms with Gasteiger partial charge in [0.2, 0.25) is 5.91 Å². The van der Waals surface area contributed by atoms with Crippen molar-refractivity contribution in [1.29, 1.82) is 0 Å². The Morgan fingerprint density at radius 3 is 2.48 bits per heavy atom. The summed E-state index contributed by atoms with van der Waals surface area (Å²) in [5.41, 5.74) is 0. The van der Waals surface area contributed by atoms with E-state index in [0.29, 0.717) is 4.88 Å². The van der Waals surface area contributed by atoms with E-state index in [9.17, 15) is 14.4 Å². The molecule has 0 saturated carbocycles. The van der Waals surface area contributed by atoms with E-state index in [1.807, 2.05) is 13.8 Å². The Hall–Kier alpha value is -1.89. The average Bonchev–Trinajstić information content (AvgIpc) is 2.91. The van der Waals surface area contributed by atoms with Crippen LogP contribution in [0.4, 0.5) is 0 Å². The highest BCUT2D eigenvalue weighted by molar-refractivity contribution is 7.12. The van der Waals surface area contributed by atoms with Gasteiger partial charge in [-0.05, 0) is 32.2 Å². The maximum absolute atomic E-state index is 12.3. The second-order valence-electron chi connectivity index (χ2n) is 4.94. The maximum Gasteiger partial charge on any atom is 0.305 e. The van der Waals surface area contributed by atoms with Crippen molar-refractivity contribution in [1.82, 2.24) is 10.2 Å². The van der Waals surface area contributed by atoms with Crippen molar-refractivity contribution in [2.75, 3.05) is 6.54 Å². The van der Waals surface area contributed by atoms with Crippen molar-refractivity contribution < 1.29 is 19.5 Å². The van der Waals surface area contributed by atoms with Gasteiger partial charge in [0.1, 0.15) is 6.04 Å². The summed E-state index contributed by atoms with van der Waals surface area (Å²) in [6.07, 6.45) is -0.116. The first kappa shape index (κ1) is 17.2. The molecule has 0 radical (unpaired) electrons. The molecule has 21 heavy (non-hydrogen) atoms. The standard InChI is InChI=1S/C14H20N2O4S/c1-9(2)16(7-6-12(17)18)14(20)10(3)15-13(19)11-5-4-8-21-11/h4-5,8-10H,6-7H2,1-3H3,(H,15,19)(H,17,18). The van der Waals surface area contributed by atoms with Gasteiger partial charge >= 0.3 is 5.97 Å². The topological polar surface area (TPSA) is 86.7 Å². The first-order valence-electron chi connectivity index (χ1n) is 6.69. The van der Waals surface area contributed by atoms with Crippen LogP contribution >= 0.6 is 11.3 Å². The van der Waals surface area contributed by atoms with Gasteiger partial charge in [-0.2, -0.15) is 0 Å². The van der Waals surface area contributed by atoms with E-state index in [0.717, 1.165) is 0 Å². The van der Waals surface area contributed by atoms with E-state index in [4.69, 9.17) is 5.11 Å². The van der Waals surface area contributed by atoms with Crippen LogP contribution in [-0.4, -0.2) is 46.4 Å². The van der Waals surface area contributed by atoms with Gasteiger partial charge in [0.25, 0.3) is 5.91 Å². The Bertz CT molecular complexity index is 499. The number of carbonyl (C=O) groups is 3. The van der Waals surface area contributed by atoms with E-state index in [2.05, 4.69) is 5.32 Å². The molecule has 0 aliphatic heterocycles. The van der Waals surface area contributed by atoms with Crippen LogP contribution in [0.5, 0.6) is 0 Å². The smallest absolute Gasteiger partial charge is 0.305 e. The molecule has 0 aliphatic carbocycles. The second-order valence-corrected chi connectivity index (χ2v) is 5.89. The molecular weight excluding hydrogens is 292 g/mol. The fraction of sp³-hybridized carbons (Fsp3) is 0.500. The predicted molar refractivity (Wildman–Crippen MR) is 80.3 cm³/mol. The van der Waals surface area contributed by atoms with Gasteiger partial charge in [-0.25, -0.2) is 0 Å². The highest BCUT2D eigenvalue weighted by Crippen LogP contribution is 2.09. The van der Waals surface area contributed by atoms with Gasteiger partial charge in [-0.3, -0.25) is 14.4 Å². The summed E-state index contributed by atoms with van der Waals surface area (Å²) in [4.78, 5) is 36.9. The van der Waals surface area contributed by atoms with Gasteiger partial charge in [0.05, 0.1) is 11.3 Å². The largest absolute Gasteiger partial charge is 0.481 e. The molecule has 0 fully saturated rings. The normalized spacial score (nSPS) is 12.0. The number of hydrogen-bond donors (Lipinski definition) is 2. The van der Waals surface area contributed by atoms with Crippen molar-refractivity contribution in [3.63, 3.8) is 0 Å². The van der Waals surface area contributed by atoms with Gasteiger partial charge in [-0.15, -0.1) is 11.3 Å².